The molecule has 2 aromatic heterocycles. The Morgan fingerprint density at radius 3 is 2.44 bits per heavy atom. The number of aryl methyl sites for hydroxylation is 2. The number of hydrogen-bond donors (Lipinski definition) is 2. The normalized spacial score (nSPS) is 14.5. The van der Waals surface area contributed by atoms with Crippen molar-refractivity contribution in [1.82, 2.24) is 10.6 Å². The topological polar surface area (TPSA) is 105 Å². The van der Waals surface area contributed by atoms with Gasteiger partial charge in [-0.25, -0.2) is 0 Å². The molecule has 3 aromatic rings. The maximum Gasteiger partial charge on any atom is 0.287 e. The predicted molar refractivity (Wildman–Crippen MR) is 126 cm³/mol. The molecule has 1 fully saturated rings. The molecule has 0 radical (unpaired) electrons. The molecule has 1 atom stereocenters. The van der Waals surface area contributed by atoms with Crippen LogP contribution >= 0.6 is 0 Å². The molecule has 0 saturated heterocycles. The Morgan fingerprint density at radius 1 is 1.03 bits per heavy atom. The van der Waals surface area contributed by atoms with Crippen LogP contribution < -0.4 is 15.5 Å². The Labute approximate surface area is 198 Å². The molecule has 178 valence electrons. The highest BCUT2D eigenvalue weighted by molar-refractivity contribution is 6.04. The average Bonchev–Trinajstić information content (AvgIpc) is 3.61. The fourth-order valence-electron chi connectivity index (χ4n) is 4.30. The molecule has 34 heavy (non-hydrogen) atoms. The van der Waals surface area contributed by atoms with Crippen LogP contribution in [0.4, 0.5) is 5.69 Å². The molecule has 4 rings (SSSR count). The largest absolute Gasteiger partial charge is 0.467 e. The third-order valence-corrected chi connectivity index (χ3v) is 6.06. The Morgan fingerprint density at radius 2 is 1.76 bits per heavy atom. The Hall–Kier alpha value is -3.81. The molecule has 2 N–H and O–H groups in total. The zero-order valence-electron chi connectivity index (χ0n) is 19.4. The fourth-order valence-corrected chi connectivity index (χ4v) is 4.30. The summed E-state index contributed by atoms with van der Waals surface area (Å²) in [5.41, 5.74) is 2.34. The van der Waals surface area contributed by atoms with Crippen LogP contribution in [0.3, 0.4) is 0 Å². The zero-order valence-corrected chi connectivity index (χ0v) is 19.4. The Bertz CT molecular complexity index is 1130. The highest BCUT2D eigenvalue weighted by Crippen LogP contribution is 2.32. The molecule has 1 aromatic carbocycles. The van der Waals surface area contributed by atoms with E-state index >= 15 is 0 Å². The molecule has 0 aliphatic heterocycles. The summed E-state index contributed by atoms with van der Waals surface area (Å²) in [4.78, 5) is 41.0. The van der Waals surface area contributed by atoms with E-state index in [2.05, 4.69) is 10.6 Å². The summed E-state index contributed by atoms with van der Waals surface area (Å²) in [6.45, 7) is 3.48. The molecule has 0 bridgehead atoms. The number of carbonyl (C=O) groups excluding carboxylic acids is 3. The summed E-state index contributed by atoms with van der Waals surface area (Å²) in [6.07, 6.45) is 6.82. The number of amides is 3. The first-order chi connectivity index (χ1) is 16.4. The van der Waals surface area contributed by atoms with Gasteiger partial charge in [0.2, 0.25) is 5.91 Å². The van der Waals surface area contributed by atoms with Gasteiger partial charge in [-0.15, -0.1) is 0 Å². The van der Waals surface area contributed by atoms with Crippen LogP contribution in [0, 0.1) is 13.8 Å². The van der Waals surface area contributed by atoms with Crippen molar-refractivity contribution in [3.63, 3.8) is 0 Å². The van der Waals surface area contributed by atoms with Crippen LogP contribution in [0.15, 0.2) is 63.8 Å². The summed E-state index contributed by atoms with van der Waals surface area (Å²) < 4.78 is 10.7. The lowest BCUT2D eigenvalue weighted by molar-refractivity contribution is -0.127. The fraction of sp³-hybridized carbons (Fsp3) is 0.346. The van der Waals surface area contributed by atoms with Crippen LogP contribution in [0.2, 0.25) is 0 Å². The minimum absolute atomic E-state index is 0.0687. The standard InChI is InChI=1S/C26H29N3O5/c1-17-11-12-18(2)20(15-17)29(23(30)16-27-25(31)22-10-6-14-34-22)24(21-9-5-13-33-21)26(32)28-19-7-3-4-8-19/h5-6,9-15,19,24H,3-4,7-8,16H2,1-2H3,(H,27,31)(H,28,32). The number of furan rings is 2. The SMILES string of the molecule is Cc1ccc(C)c(N(C(=O)CNC(=O)c2ccco2)C(C(=O)NC2CCCC2)c2ccco2)c1. The van der Waals surface area contributed by atoms with Crippen molar-refractivity contribution in [3.8, 4) is 0 Å². The van der Waals surface area contributed by atoms with E-state index in [0.717, 1.165) is 36.8 Å². The molecule has 0 spiro atoms. The lowest BCUT2D eigenvalue weighted by Crippen LogP contribution is -2.49. The third kappa shape index (κ3) is 5.22. The van der Waals surface area contributed by atoms with Gasteiger partial charge in [0.25, 0.3) is 11.8 Å². The van der Waals surface area contributed by atoms with Gasteiger partial charge in [-0.1, -0.05) is 25.0 Å². The number of nitrogens with one attached hydrogen (secondary N) is 2. The average molecular weight is 464 g/mol. The van der Waals surface area contributed by atoms with Crippen molar-refractivity contribution in [2.24, 2.45) is 0 Å². The van der Waals surface area contributed by atoms with E-state index in [4.69, 9.17) is 8.83 Å². The molecule has 2 heterocycles. The molecule has 1 aliphatic rings. The molecule has 3 amide bonds. The number of carbonyl (C=O) groups is 3. The molecular formula is C26H29N3O5. The number of benzene rings is 1. The predicted octanol–water partition coefficient (Wildman–Crippen LogP) is 4.05. The smallest absolute Gasteiger partial charge is 0.287 e. The van der Waals surface area contributed by atoms with Crippen molar-refractivity contribution < 1.29 is 23.2 Å². The maximum atomic E-state index is 13.6. The van der Waals surface area contributed by atoms with Gasteiger partial charge in [0, 0.05) is 11.7 Å². The number of rotatable bonds is 8. The molecule has 8 heteroatoms. The van der Waals surface area contributed by atoms with Crippen LogP contribution in [0.1, 0.15) is 59.2 Å². The first-order valence-electron chi connectivity index (χ1n) is 11.5. The molecule has 1 unspecified atom stereocenters. The van der Waals surface area contributed by atoms with Crippen molar-refractivity contribution in [2.75, 3.05) is 11.4 Å². The number of hydrogen-bond acceptors (Lipinski definition) is 5. The van der Waals surface area contributed by atoms with Crippen molar-refractivity contribution >= 4 is 23.4 Å². The van der Waals surface area contributed by atoms with Crippen LogP contribution in [0.5, 0.6) is 0 Å². The molecule has 1 aliphatic carbocycles. The first-order valence-corrected chi connectivity index (χ1v) is 11.5. The van der Waals surface area contributed by atoms with Gasteiger partial charge >= 0.3 is 0 Å². The van der Waals surface area contributed by atoms with E-state index in [-0.39, 0.29) is 24.3 Å². The van der Waals surface area contributed by atoms with E-state index in [0.29, 0.717) is 11.4 Å². The minimum atomic E-state index is -1.02. The van der Waals surface area contributed by atoms with Crippen LogP contribution in [0.25, 0.3) is 0 Å². The summed E-state index contributed by atoms with van der Waals surface area (Å²) in [5.74, 6) is -0.816. The van der Waals surface area contributed by atoms with E-state index < -0.39 is 17.9 Å². The maximum absolute atomic E-state index is 13.6. The van der Waals surface area contributed by atoms with Crippen molar-refractivity contribution in [3.05, 3.63) is 77.6 Å². The van der Waals surface area contributed by atoms with Gasteiger partial charge < -0.3 is 19.5 Å². The number of nitrogens with zero attached hydrogens (tertiary/aromatic N) is 1. The van der Waals surface area contributed by atoms with Gasteiger partial charge in [0.15, 0.2) is 11.8 Å². The number of anilines is 1. The summed E-state index contributed by atoms with van der Waals surface area (Å²) in [7, 11) is 0. The monoisotopic (exact) mass is 463 g/mol. The highest BCUT2D eigenvalue weighted by atomic mass is 16.3. The molecule has 1 saturated carbocycles. The van der Waals surface area contributed by atoms with Gasteiger partial charge in [-0.2, -0.15) is 0 Å². The van der Waals surface area contributed by atoms with E-state index in [1.165, 1.54) is 23.5 Å². The lowest BCUT2D eigenvalue weighted by Gasteiger charge is -2.32. The Balaban J connectivity index is 1.68. The summed E-state index contributed by atoms with van der Waals surface area (Å²) in [5, 5.41) is 5.69. The minimum Gasteiger partial charge on any atom is -0.467 e. The van der Waals surface area contributed by atoms with Crippen LogP contribution in [-0.2, 0) is 9.59 Å². The van der Waals surface area contributed by atoms with Gasteiger partial charge in [0.05, 0.1) is 19.1 Å². The second-order valence-electron chi connectivity index (χ2n) is 8.62. The van der Waals surface area contributed by atoms with Gasteiger partial charge in [-0.3, -0.25) is 19.3 Å². The first kappa shape index (κ1) is 23.4. The molecule has 8 nitrogen and oxygen atoms in total. The summed E-state index contributed by atoms with van der Waals surface area (Å²) >= 11 is 0. The Kier molecular flexibility index (Phi) is 7.15. The van der Waals surface area contributed by atoms with Gasteiger partial charge in [-0.05, 0) is 68.1 Å². The second kappa shape index (κ2) is 10.4. The summed E-state index contributed by atoms with van der Waals surface area (Å²) in [6, 6.07) is 11.2. The van der Waals surface area contributed by atoms with E-state index in [9.17, 15) is 14.4 Å². The van der Waals surface area contributed by atoms with Gasteiger partial charge in [0.1, 0.15) is 5.76 Å². The quantitative estimate of drug-likeness (QED) is 0.524. The zero-order chi connectivity index (χ0) is 24.1. The van der Waals surface area contributed by atoms with Crippen molar-refractivity contribution in [1.29, 1.82) is 0 Å². The third-order valence-electron chi connectivity index (χ3n) is 6.06. The lowest BCUT2D eigenvalue weighted by atomic mass is 10.0. The highest BCUT2D eigenvalue weighted by Gasteiger charge is 2.37. The molecular weight excluding hydrogens is 434 g/mol. The van der Waals surface area contributed by atoms with Crippen LogP contribution in [-0.4, -0.2) is 30.3 Å². The second-order valence-corrected chi connectivity index (χ2v) is 8.62. The van der Waals surface area contributed by atoms with Crippen molar-refractivity contribution in [2.45, 2.75) is 51.6 Å². The van der Waals surface area contributed by atoms with E-state index in [1.54, 1.807) is 18.2 Å². The van der Waals surface area contributed by atoms with E-state index in [1.807, 2.05) is 32.0 Å².